The van der Waals surface area contributed by atoms with Gasteiger partial charge in [0.1, 0.15) is 5.82 Å². The Morgan fingerprint density at radius 1 is 1.16 bits per heavy atom. The van der Waals surface area contributed by atoms with Crippen molar-refractivity contribution in [3.63, 3.8) is 0 Å². The van der Waals surface area contributed by atoms with Gasteiger partial charge >= 0.3 is 0 Å². The van der Waals surface area contributed by atoms with Crippen LogP contribution in [0.1, 0.15) is 35.9 Å². The molecule has 1 fully saturated rings. The molecule has 1 aromatic heterocycles. The first-order valence-corrected chi connectivity index (χ1v) is 11.6. The SMILES string of the molecule is CCn1c(CN(C)C(=O)C2CCCN(C(=O)c3ccc(Cl)c(Cl)c3)C2)nc2ccccc21. The van der Waals surface area contributed by atoms with Crippen LogP contribution in [0.5, 0.6) is 0 Å². The molecule has 2 aromatic carbocycles. The lowest BCUT2D eigenvalue weighted by Gasteiger charge is -2.34. The summed E-state index contributed by atoms with van der Waals surface area (Å²) in [5.41, 5.74) is 2.49. The number of para-hydroxylation sites is 2. The zero-order valence-electron chi connectivity index (χ0n) is 18.2. The minimum Gasteiger partial charge on any atom is -0.338 e. The number of imidazole rings is 1. The maximum absolute atomic E-state index is 13.2. The van der Waals surface area contributed by atoms with Crippen molar-refractivity contribution < 1.29 is 9.59 Å². The zero-order valence-corrected chi connectivity index (χ0v) is 19.7. The predicted octanol–water partition coefficient (Wildman–Crippen LogP) is 4.87. The van der Waals surface area contributed by atoms with Crippen LogP contribution in [0, 0.1) is 5.92 Å². The van der Waals surface area contributed by atoms with Crippen LogP contribution < -0.4 is 0 Å². The van der Waals surface area contributed by atoms with E-state index in [9.17, 15) is 9.59 Å². The number of carbonyl (C=O) groups excluding carboxylic acids is 2. The van der Waals surface area contributed by atoms with Gasteiger partial charge in [-0.15, -0.1) is 0 Å². The third-order valence-electron chi connectivity index (χ3n) is 6.03. The zero-order chi connectivity index (χ0) is 22.8. The molecule has 1 atom stereocenters. The molecule has 1 unspecified atom stereocenters. The number of fused-ring (bicyclic) bond motifs is 1. The highest BCUT2D eigenvalue weighted by atomic mass is 35.5. The van der Waals surface area contributed by atoms with E-state index in [1.54, 1.807) is 35.0 Å². The van der Waals surface area contributed by atoms with E-state index in [0.29, 0.717) is 35.2 Å². The molecule has 4 rings (SSSR count). The Labute approximate surface area is 197 Å². The molecule has 1 aliphatic heterocycles. The van der Waals surface area contributed by atoms with E-state index in [4.69, 9.17) is 28.2 Å². The molecule has 0 aliphatic carbocycles. The number of nitrogens with zero attached hydrogens (tertiary/aromatic N) is 4. The van der Waals surface area contributed by atoms with Crippen molar-refractivity contribution in [2.75, 3.05) is 20.1 Å². The van der Waals surface area contributed by atoms with Crippen LogP contribution in [0.3, 0.4) is 0 Å². The molecular weight excluding hydrogens is 447 g/mol. The van der Waals surface area contributed by atoms with Gasteiger partial charge < -0.3 is 14.4 Å². The molecule has 8 heteroatoms. The maximum Gasteiger partial charge on any atom is 0.253 e. The molecule has 0 saturated carbocycles. The Bertz CT molecular complexity index is 1160. The van der Waals surface area contributed by atoms with E-state index >= 15 is 0 Å². The van der Waals surface area contributed by atoms with E-state index in [1.165, 1.54) is 0 Å². The van der Waals surface area contributed by atoms with Gasteiger partial charge in [-0.1, -0.05) is 35.3 Å². The monoisotopic (exact) mass is 472 g/mol. The van der Waals surface area contributed by atoms with Crippen molar-refractivity contribution in [2.24, 2.45) is 5.92 Å². The van der Waals surface area contributed by atoms with Crippen molar-refractivity contribution in [1.82, 2.24) is 19.4 Å². The van der Waals surface area contributed by atoms with Crippen LogP contribution in [-0.2, 0) is 17.9 Å². The number of rotatable bonds is 5. The average Bonchev–Trinajstić information content (AvgIpc) is 3.16. The number of piperidine rings is 1. The molecule has 1 saturated heterocycles. The number of carbonyl (C=O) groups is 2. The number of halogens is 2. The van der Waals surface area contributed by atoms with Crippen LogP contribution >= 0.6 is 23.2 Å². The highest BCUT2D eigenvalue weighted by Crippen LogP contribution is 2.26. The van der Waals surface area contributed by atoms with Crippen molar-refractivity contribution in [3.8, 4) is 0 Å². The lowest BCUT2D eigenvalue weighted by Crippen LogP contribution is -2.45. The van der Waals surface area contributed by atoms with E-state index in [2.05, 4.69) is 11.5 Å². The number of amides is 2. The molecule has 2 heterocycles. The van der Waals surface area contributed by atoms with Gasteiger partial charge in [0.15, 0.2) is 0 Å². The highest BCUT2D eigenvalue weighted by Gasteiger charge is 2.31. The second-order valence-corrected chi connectivity index (χ2v) is 8.99. The van der Waals surface area contributed by atoms with Gasteiger partial charge in [0, 0.05) is 32.2 Å². The van der Waals surface area contributed by atoms with E-state index in [0.717, 1.165) is 36.2 Å². The van der Waals surface area contributed by atoms with Gasteiger partial charge in [-0.25, -0.2) is 4.98 Å². The molecule has 168 valence electrons. The quantitative estimate of drug-likeness (QED) is 0.531. The molecule has 3 aromatic rings. The first-order valence-electron chi connectivity index (χ1n) is 10.8. The number of aromatic nitrogens is 2. The van der Waals surface area contributed by atoms with Gasteiger partial charge in [-0.3, -0.25) is 9.59 Å². The molecule has 0 N–H and O–H groups in total. The van der Waals surface area contributed by atoms with Gasteiger partial charge in [-0.05, 0) is 50.1 Å². The number of likely N-dealkylation sites (tertiary alicyclic amines) is 1. The fourth-order valence-electron chi connectivity index (χ4n) is 4.38. The first-order chi connectivity index (χ1) is 15.4. The lowest BCUT2D eigenvalue weighted by atomic mass is 9.96. The molecule has 6 nitrogen and oxygen atoms in total. The van der Waals surface area contributed by atoms with E-state index in [1.807, 2.05) is 24.3 Å². The van der Waals surface area contributed by atoms with Crippen molar-refractivity contribution in [1.29, 1.82) is 0 Å². The molecule has 0 radical (unpaired) electrons. The van der Waals surface area contributed by atoms with Crippen LogP contribution in [0.15, 0.2) is 42.5 Å². The Morgan fingerprint density at radius 2 is 1.94 bits per heavy atom. The summed E-state index contributed by atoms with van der Waals surface area (Å²) in [6.45, 7) is 4.31. The van der Waals surface area contributed by atoms with Crippen LogP contribution in [0.4, 0.5) is 0 Å². The van der Waals surface area contributed by atoms with E-state index < -0.39 is 0 Å². The van der Waals surface area contributed by atoms with Gasteiger partial charge in [-0.2, -0.15) is 0 Å². The van der Waals surface area contributed by atoms with Crippen LogP contribution in [0.2, 0.25) is 10.0 Å². The minimum atomic E-state index is -0.236. The van der Waals surface area contributed by atoms with Gasteiger partial charge in [0.2, 0.25) is 5.91 Å². The highest BCUT2D eigenvalue weighted by molar-refractivity contribution is 6.42. The number of hydrogen-bond donors (Lipinski definition) is 0. The van der Waals surface area contributed by atoms with Crippen molar-refractivity contribution in [3.05, 3.63) is 63.9 Å². The summed E-state index contributed by atoms with van der Waals surface area (Å²) in [5.74, 6) is 0.534. The Balaban J connectivity index is 1.46. The lowest BCUT2D eigenvalue weighted by molar-refractivity contribution is -0.136. The van der Waals surface area contributed by atoms with Crippen LogP contribution in [0.25, 0.3) is 11.0 Å². The molecule has 0 bridgehead atoms. The third kappa shape index (κ3) is 4.48. The first kappa shape index (κ1) is 22.6. The third-order valence-corrected chi connectivity index (χ3v) is 6.77. The van der Waals surface area contributed by atoms with Crippen molar-refractivity contribution >= 4 is 46.0 Å². The predicted molar refractivity (Wildman–Crippen MR) is 127 cm³/mol. The molecular formula is C24H26Cl2N4O2. The van der Waals surface area contributed by atoms with Crippen LogP contribution in [-0.4, -0.2) is 51.3 Å². The fourth-order valence-corrected chi connectivity index (χ4v) is 4.67. The topological polar surface area (TPSA) is 58.4 Å². The summed E-state index contributed by atoms with van der Waals surface area (Å²) < 4.78 is 2.14. The normalized spacial score (nSPS) is 16.4. The Morgan fingerprint density at radius 3 is 2.69 bits per heavy atom. The number of aryl methyl sites for hydroxylation is 1. The molecule has 32 heavy (non-hydrogen) atoms. The smallest absolute Gasteiger partial charge is 0.253 e. The maximum atomic E-state index is 13.2. The van der Waals surface area contributed by atoms with Gasteiger partial charge in [0.05, 0.1) is 33.5 Å². The fraction of sp³-hybridized carbons (Fsp3) is 0.375. The summed E-state index contributed by atoms with van der Waals surface area (Å²) in [5, 5.41) is 0.760. The van der Waals surface area contributed by atoms with Crippen molar-refractivity contribution in [2.45, 2.75) is 32.9 Å². The second kappa shape index (κ2) is 9.51. The Kier molecular flexibility index (Phi) is 6.72. The van der Waals surface area contributed by atoms with Gasteiger partial charge in [0.25, 0.3) is 5.91 Å². The summed E-state index contributed by atoms with van der Waals surface area (Å²) in [7, 11) is 1.81. The Hall–Kier alpha value is -2.57. The molecule has 0 spiro atoms. The standard InChI is InChI=1S/C24H26Cl2N4O2/c1-3-30-21-9-5-4-8-20(21)27-22(30)15-28(2)23(31)17-7-6-12-29(14-17)24(32)16-10-11-18(25)19(26)13-16/h4-5,8-11,13,17H,3,6-7,12,14-15H2,1-2H3. The largest absolute Gasteiger partial charge is 0.338 e. The number of benzene rings is 2. The summed E-state index contributed by atoms with van der Waals surface area (Å²) >= 11 is 12.0. The summed E-state index contributed by atoms with van der Waals surface area (Å²) in [6, 6.07) is 12.9. The molecule has 1 aliphatic rings. The summed E-state index contributed by atoms with van der Waals surface area (Å²) in [6.07, 6.45) is 1.54. The van der Waals surface area contributed by atoms with E-state index in [-0.39, 0.29) is 17.7 Å². The minimum absolute atomic E-state index is 0.0337. The molecule has 2 amide bonds. The second-order valence-electron chi connectivity index (χ2n) is 8.17. The summed E-state index contributed by atoms with van der Waals surface area (Å²) in [4.78, 5) is 34.4. The number of hydrogen-bond acceptors (Lipinski definition) is 3. The average molecular weight is 473 g/mol.